The number of hydrogen-bond donors (Lipinski definition) is 2. The van der Waals surface area contributed by atoms with Gasteiger partial charge in [0, 0.05) is 22.8 Å². The van der Waals surface area contributed by atoms with E-state index in [1.54, 1.807) is 13.3 Å². The number of pyridine rings is 2. The van der Waals surface area contributed by atoms with E-state index in [2.05, 4.69) is 15.3 Å². The second kappa shape index (κ2) is 8.92. The molecule has 1 unspecified atom stereocenters. The SMILES string of the molecule is CCOc1ccc(C(Nc2ccccn2)c2ccc3ccc(C)nc3c2O)cc1OC. The molecule has 2 heterocycles. The Kier molecular flexibility index (Phi) is 5.89. The molecule has 0 bridgehead atoms. The number of aryl methyl sites for hydroxylation is 1. The van der Waals surface area contributed by atoms with Gasteiger partial charge in [-0.3, -0.25) is 0 Å². The zero-order valence-electron chi connectivity index (χ0n) is 17.8. The van der Waals surface area contributed by atoms with Gasteiger partial charge in [0.15, 0.2) is 11.5 Å². The fourth-order valence-corrected chi connectivity index (χ4v) is 3.59. The third-order valence-corrected chi connectivity index (χ3v) is 5.09. The molecule has 6 nitrogen and oxygen atoms in total. The number of phenolic OH excluding ortho intramolecular Hbond substituents is 1. The molecule has 0 spiro atoms. The van der Waals surface area contributed by atoms with Crippen LogP contribution in [0.25, 0.3) is 10.9 Å². The van der Waals surface area contributed by atoms with E-state index in [0.29, 0.717) is 35.0 Å². The first-order valence-corrected chi connectivity index (χ1v) is 10.2. The highest BCUT2D eigenvalue weighted by Crippen LogP contribution is 2.39. The number of methoxy groups -OCH3 is 1. The van der Waals surface area contributed by atoms with Crippen LogP contribution in [-0.4, -0.2) is 28.8 Å². The molecule has 0 saturated heterocycles. The van der Waals surface area contributed by atoms with E-state index in [9.17, 15) is 5.11 Å². The highest BCUT2D eigenvalue weighted by Gasteiger charge is 2.22. The Bertz CT molecular complexity index is 1200. The Balaban J connectivity index is 1.86. The van der Waals surface area contributed by atoms with Crippen LogP contribution in [-0.2, 0) is 0 Å². The Hall–Kier alpha value is -3.80. The number of nitrogens with one attached hydrogen (secondary N) is 1. The molecule has 0 amide bonds. The number of aromatic nitrogens is 2. The zero-order chi connectivity index (χ0) is 21.8. The minimum Gasteiger partial charge on any atom is -0.505 e. The van der Waals surface area contributed by atoms with Crippen LogP contribution in [0, 0.1) is 6.92 Å². The van der Waals surface area contributed by atoms with Crippen LogP contribution in [0.4, 0.5) is 5.82 Å². The summed E-state index contributed by atoms with van der Waals surface area (Å²) in [6.07, 6.45) is 1.73. The molecule has 0 fully saturated rings. The number of nitrogens with zero attached hydrogens (tertiary/aromatic N) is 2. The minimum atomic E-state index is -0.383. The smallest absolute Gasteiger partial charge is 0.161 e. The van der Waals surface area contributed by atoms with Crippen molar-refractivity contribution in [3.8, 4) is 17.2 Å². The van der Waals surface area contributed by atoms with Crippen molar-refractivity contribution in [2.45, 2.75) is 19.9 Å². The average molecular weight is 415 g/mol. The number of ether oxygens (including phenoxy) is 2. The number of hydrogen-bond acceptors (Lipinski definition) is 6. The summed E-state index contributed by atoms with van der Waals surface area (Å²) in [6, 6.07) is 18.8. The third-order valence-electron chi connectivity index (χ3n) is 5.09. The minimum absolute atomic E-state index is 0.141. The summed E-state index contributed by atoms with van der Waals surface area (Å²) < 4.78 is 11.2. The lowest BCUT2D eigenvalue weighted by molar-refractivity contribution is 0.310. The van der Waals surface area contributed by atoms with E-state index in [1.165, 1.54) is 0 Å². The molecule has 31 heavy (non-hydrogen) atoms. The van der Waals surface area contributed by atoms with Crippen molar-refractivity contribution in [1.82, 2.24) is 9.97 Å². The summed E-state index contributed by atoms with van der Waals surface area (Å²) in [7, 11) is 1.61. The Morgan fingerprint density at radius 1 is 1.03 bits per heavy atom. The lowest BCUT2D eigenvalue weighted by Crippen LogP contribution is -2.14. The van der Waals surface area contributed by atoms with Gasteiger partial charge in [0.2, 0.25) is 0 Å². The van der Waals surface area contributed by atoms with Gasteiger partial charge in [0.1, 0.15) is 17.1 Å². The number of benzene rings is 2. The van der Waals surface area contributed by atoms with Crippen LogP contribution in [0.3, 0.4) is 0 Å². The van der Waals surface area contributed by atoms with Crippen molar-refractivity contribution in [1.29, 1.82) is 0 Å². The van der Waals surface area contributed by atoms with Crippen molar-refractivity contribution >= 4 is 16.7 Å². The lowest BCUT2D eigenvalue weighted by Gasteiger charge is -2.23. The molecule has 2 aromatic heterocycles. The summed E-state index contributed by atoms with van der Waals surface area (Å²) >= 11 is 0. The van der Waals surface area contributed by atoms with Gasteiger partial charge in [-0.1, -0.05) is 30.3 Å². The highest BCUT2D eigenvalue weighted by molar-refractivity contribution is 5.86. The van der Waals surface area contributed by atoms with Crippen LogP contribution in [0.15, 0.2) is 66.9 Å². The maximum absolute atomic E-state index is 11.2. The zero-order valence-corrected chi connectivity index (χ0v) is 17.8. The Labute approximate surface area is 181 Å². The summed E-state index contributed by atoms with van der Waals surface area (Å²) in [6.45, 7) is 4.38. The molecule has 0 saturated carbocycles. The standard InChI is InChI=1S/C25H25N3O3/c1-4-31-20-13-11-18(15-21(20)30-3)23(28-22-7-5-6-14-26-22)19-12-10-17-9-8-16(2)27-24(17)25(19)29/h5-15,23,29H,4H2,1-3H3,(H,26,28). The van der Waals surface area contributed by atoms with Crippen LogP contribution < -0.4 is 14.8 Å². The maximum Gasteiger partial charge on any atom is 0.161 e. The van der Waals surface area contributed by atoms with Crippen LogP contribution in [0.5, 0.6) is 17.2 Å². The molecule has 4 aromatic rings. The fraction of sp³-hybridized carbons (Fsp3) is 0.200. The molecule has 158 valence electrons. The van der Waals surface area contributed by atoms with Gasteiger partial charge in [-0.15, -0.1) is 0 Å². The first kappa shape index (κ1) is 20.5. The largest absolute Gasteiger partial charge is 0.505 e. The Morgan fingerprint density at radius 3 is 2.61 bits per heavy atom. The van der Waals surface area contributed by atoms with Crippen LogP contribution >= 0.6 is 0 Å². The summed E-state index contributed by atoms with van der Waals surface area (Å²) in [4.78, 5) is 8.95. The molecule has 0 aliphatic rings. The maximum atomic E-state index is 11.2. The molecular weight excluding hydrogens is 390 g/mol. The van der Waals surface area contributed by atoms with Gasteiger partial charge < -0.3 is 19.9 Å². The van der Waals surface area contributed by atoms with Gasteiger partial charge in [-0.25, -0.2) is 9.97 Å². The normalized spacial score (nSPS) is 11.8. The number of rotatable bonds is 7. The van der Waals surface area contributed by atoms with Crippen molar-refractivity contribution in [3.05, 3.63) is 83.7 Å². The topological polar surface area (TPSA) is 76.5 Å². The first-order chi connectivity index (χ1) is 15.1. The Morgan fingerprint density at radius 2 is 1.87 bits per heavy atom. The van der Waals surface area contributed by atoms with Crippen molar-refractivity contribution < 1.29 is 14.6 Å². The summed E-state index contributed by atoms with van der Waals surface area (Å²) in [5.74, 6) is 2.13. The van der Waals surface area contributed by atoms with Gasteiger partial charge >= 0.3 is 0 Å². The van der Waals surface area contributed by atoms with Gasteiger partial charge in [0.25, 0.3) is 0 Å². The molecule has 2 N–H and O–H groups in total. The van der Waals surface area contributed by atoms with Crippen LogP contribution in [0.2, 0.25) is 0 Å². The molecule has 6 heteroatoms. The van der Waals surface area contributed by atoms with E-state index >= 15 is 0 Å². The summed E-state index contributed by atoms with van der Waals surface area (Å²) in [5.41, 5.74) is 3.01. The molecule has 0 radical (unpaired) electrons. The highest BCUT2D eigenvalue weighted by atomic mass is 16.5. The van der Waals surface area contributed by atoms with Gasteiger partial charge in [-0.2, -0.15) is 0 Å². The van der Waals surface area contributed by atoms with Gasteiger partial charge in [0.05, 0.1) is 19.8 Å². The van der Waals surface area contributed by atoms with E-state index in [4.69, 9.17) is 9.47 Å². The van der Waals surface area contributed by atoms with E-state index in [1.807, 2.05) is 74.5 Å². The number of anilines is 1. The van der Waals surface area contributed by atoms with Gasteiger partial charge in [-0.05, 0) is 49.7 Å². The van der Waals surface area contributed by atoms with Crippen molar-refractivity contribution in [3.63, 3.8) is 0 Å². The summed E-state index contributed by atoms with van der Waals surface area (Å²) in [5, 5.41) is 15.5. The predicted octanol–water partition coefficient (Wildman–Crippen LogP) is 5.25. The second-order valence-electron chi connectivity index (χ2n) is 7.16. The molecular formula is C25H25N3O3. The first-order valence-electron chi connectivity index (χ1n) is 10.2. The van der Waals surface area contributed by atoms with E-state index in [-0.39, 0.29) is 11.8 Å². The number of aromatic hydroxyl groups is 1. The fourth-order valence-electron chi connectivity index (χ4n) is 3.59. The lowest BCUT2D eigenvalue weighted by atomic mass is 9.95. The van der Waals surface area contributed by atoms with E-state index < -0.39 is 0 Å². The van der Waals surface area contributed by atoms with Crippen LogP contribution in [0.1, 0.15) is 29.8 Å². The monoisotopic (exact) mass is 415 g/mol. The predicted molar refractivity (Wildman–Crippen MR) is 122 cm³/mol. The molecule has 0 aliphatic carbocycles. The molecule has 1 atom stereocenters. The number of phenols is 1. The average Bonchev–Trinajstić information content (AvgIpc) is 2.80. The van der Waals surface area contributed by atoms with Crippen molar-refractivity contribution in [2.24, 2.45) is 0 Å². The quantitative estimate of drug-likeness (QED) is 0.429. The number of fused-ring (bicyclic) bond motifs is 1. The molecule has 2 aromatic carbocycles. The second-order valence-corrected chi connectivity index (χ2v) is 7.16. The van der Waals surface area contributed by atoms with E-state index in [0.717, 1.165) is 16.6 Å². The molecule has 4 rings (SSSR count). The molecule has 0 aliphatic heterocycles. The van der Waals surface area contributed by atoms with Crippen molar-refractivity contribution in [2.75, 3.05) is 19.0 Å². The third kappa shape index (κ3) is 4.23.